The highest BCUT2D eigenvalue weighted by molar-refractivity contribution is 5.69. The molecular weight excluding hydrogens is 264 g/mol. The van der Waals surface area contributed by atoms with E-state index >= 15 is 0 Å². The molecular formula is C13H16N2O5. The Morgan fingerprint density at radius 1 is 1.20 bits per heavy atom. The molecule has 2 N–H and O–H groups in total. The molecule has 108 valence electrons. The van der Waals surface area contributed by atoms with Crippen LogP contribution in [-0.2, 0) is 0 Å². The maximum Gasteiger partial charge on any atom is 0.296 e. The van der Waals surface area contributed by atoms with Crippen molar-refractivity contribution in [2.75, 3.05) is 12.1 Å². The first-order chi connectivity index (χ1) is 9.63. The number of ether oxygens (including phenoxy) is 2. The number of hydrogen-bond donors (Lipinski definition) is 2. The molecule has 0 bridgehead atoms. The zero-order chi connectivity index (χ0) is 14.1. The average Bonchev–Trinajstić information content (AvgIpc) is 2.87. The summed E-state index contributed by atoms with van der Waals surface area (Å²) in [6.45, 7) is 0.0889. The molecule has 7 nitrogen and oxygen atoms in total. The minimum Gasteiger partial charge on any atom is -0.454 e. The van der Waals surface area contributed by atoms with Crippen molar-refractivity contribution in [1.29, 1.82) is 0 Å². The molecule has 7 heteroatoms. The third kappa shape index (κ3) is 2.49. The number of nitro groups is 1. The van der Waals surface area contributed by atoms with E-state index in [0.717, 1.165) is 25.7 Å². The molecule has 0 amide bonds. The van der Waals surface area contributed by atoms with Crippen LogP contribution in [0.5, 0.6) is 11.5 Å². The van der Waals surface area contributed by atoms with Gasteiger partial charge in [0.25, 0.3) is 5.69 Å². The molecule has 1 saturated carbocycles. The lowest BCUT2D eigenvalue weighted by Gasteiger charge is -2.26. The third-order valence-corrected chi connectivity index (χ3v) is 3.74. The van der Waals surface area contributed by atoms with Gasteiger partial charge in [-0.05, 0) is 25.7 Å². The van der Waals surface area contributed by atoms with E-state index in [-0.39, 0.29) is 24.6 Å². The topological polar surface area (TPSA) is 93.9 Å². The summed E-state index contributed by atoms with van der Waals surface area (Å²) in [5, 5.41) is 23.8. The lowest BCUT2D eigenvalue weighted by atomic mass is 9.93. The molecule has 1 fully saturated rings. The normalized spacial score (nSPS) is 24.4. The second-order valence-electron chi connectivity index (χ2n) is 5.13. The maximum atomic E-state index is 11.1. The van der Waals surface area contributed by atoms with Crippen molar-refractivity contribution in [1.82, 2.24) is 0 Å². The van der Waals surface area contributed by atoms with Crippen LogP contribution in [0.3, 0.4) is 0 Å². The van der Waals surface area contributed by atoms with Gasteiger partial charge in [0.15, 0.2) is 11.5 Å². The molecule has 3 rings (SSSR count). The number of hydrogen-bond acceptors (Lipinski definition) is 6. The predicted octanol–water partition coefficient (Wildman–Crippen LogP) is 2.04. The lowest BCUT2D eigenvalue weighted by Crippen LogP contribution is -2.28. The Labute approximate surface area is 115 Å². The molecule has 0 atom stereocenters. The zero-order valence-electron chi connectivity index (χ0n) is 10.9. The van der Waals surface area contributed by atoms with Crippen LogP contribution in [-0.4, -0.2) is 29.0 Å². The Morgan fingerprint density at radius 3 is 2.50 bits per heavy atom. The summed E-state index contributed by atoms with van der Waals surface area (Å²) in [6, 6.07) is 3.14. The van der Waals surface area contributed by atoms with Crippen LogP contribution < -0.4 is 14.8 Å². The van der Waals surface area contributed by atoms with Crippen molar-refractivity contribution in [3.63, 3.8) is 0 Å². The van der Waals surface area contributed by atoms with Gasteiger partial charge in [-0.3, -0.25) is 10.1 Å². The maximum absolute atomic E-state index is 11.1. The third-order valence-electron chi connectivity index (χ3n) is 3.74. The standard InChI is InChI=1S/C13H16N2O5/c16-9-3-1-8(2-4-9)14-10-5-12-13(20-7-19-12)6-11(10)15(17)18/h5-6,8-9,14,16H,1-4,7H2. The van der Waals surface area contributed by atoms with Gasteiger partial charge in [-0.25, -0.2) is 0 Å². The number of nitrogens with zero attached hydrogens (tertiary/aromatic N) is 1. The van der Waals surface area contributed by atoms with Crippen molar-refractivity contribution in [2.24, 2.45) is 0 Å². The highest BCUT2D eigenvalue weighted by atomic mass is 16.7. The van der Waals surface area contributed by atoms with Crippen LogP contribution in [0.25, 0.3) is 0 Å². The van der Waals surface area contributed by atoms with Gasteiger partial charge in [0.2, 0.25) is 6.79 Å². The van der Waals surface area contributed by atoms with E-state index in [0.29, 0.717) is 17.2 Å². The van der Waals surface area contributed by atoms with Gasteiger partial charge in [0, 0.05) is 12.1 Å². The number of aliphatic hydroxyl groups excluding tert-OH is 1. The molecule has 0 saturated heterocycles. The molecule has 1 aliphatic carbocycles. The van der Waals surface area contributed by atoms with Gasteiger partial charge in [0.05, 0.1) is 17.1 Å². The van der Waals surface area contributed by atoms with E-state index < -0.39 is 4.92 Å². The van der Waals surface area contributed by atoms with E-state index in [2.05, 4.69) is 5.32 Å². The van der Waals surface area contributed by atoms with Crippen LogP contribution in [0.4, 0.5) is 11.4 Å². The van der Waals surface area contributed by atoms with Gasteiger partial charge < -0.3 is 19.9 Å². The molecule has 20 heavy (non-hydrogen) atoms. The largest absolute Gasteiger partial charge is 0.454 e. The fourth-order valence-corrected chi connectivity index (χ4v) is 2.64. The Bertz CT molecular complexity index is 526. The van der Waals surface area contributed by atoms with E-state index in [1.807, 2.05) is 0 Å². The molecule has 0 unspecified atom stereocenters. The summed E-state index contributed by atoms with van der Waals surface area (Å²) in [4.78, 5) is 10.7. The summed E-state index contributed by atoms with van der Waals surface area (Å²) in [6.07, 6.45) is 2.78. The number of rotatable bonds is 3. The fourth-order valence-electron chi connectivity index (χ4n) is 2.64. The Morgan fingerprint density at radius 2 is 1.85 bits per heavy atom. The highest BCUT2D eigenvalue weighted by Crippen LogP contribution is 2.41. The number of nitro benzene ring substituents is 1. The van der Waals surface area contributed by atoms with Crippen LogP contribution in [0, 0.1) is 10.1 Å². The molecule has 0 spiro atoms. The molecule has 1 aromatic carbocycles. The number of nitrogens with one attached hydrogen (secondary N) is 1. The van der Waals surface area contributed by atoms with Gasteiger partial charge in [0.1, 0.15) is 5.69 Å². The zero-order valence-corrected chi connectivity index (χ0v) is 10.9. The molecule has 1 aromatic rings. The summed E-state index contributed by atoms with van der Waals surface area (Å²) in [7, 11) is 0. The molecule has 1 heterocycles. The SMILES string of the molecule is O=[N+]([O-])c1cc2c(cc1NC1CCC(O)CC1)OCO2. The Hall–Kier alpha value is -2.02. The quantitative estimate of drug-likeness (QED) is 0.650. The molecule has 0 aromatic heterocycles. The lowest BCUT2D eigenvalue weighted by molar-refractivity contribution is -0.384. The van der Waals surface area contributed by atoms with Gasteiger partial charge in [-0.15, -0.1) is 0 Å². The Kier molecular flexibility index (Phi) is 3.35. The summed E-state index contributed by atoms with van der Waals surface area (Å²) >= 11 is 0. The first kappa shape index (κ1) is 13.0. The van der Waals surface area contributed by atoms with E-state index in [1.54, 1.807) is 6.07 Å². The summed E-state index contributed by atoms with van der Waals surface area (Å²) in [5.74, 6) is 0.926. The Balaban J connectivity index is 1.82. The van der Waals surface area contributed by atoms with Crippen LogP contribution in [0.2, 0.25) is 0 Å². The summed E-state index contributed by atoms with van der Waals surface area (Å²) < 4.78 is 10.4. The van der Waals surface area contributed by atoms with Crippen LogP contribution in [0.1, 0.15) is 25.7 Å². The minimum atomic E-state index is -0.429. The smallest absolute Gasteiger partial charge is 0.296 e. The van der Waals surface area contributed by atoms with Crippen LogP contribution >= 0.6 is 0 Å². The molecule has 2 aliphatic rings. The first-order valence-corrected chi connectivity index (χ1v) is 6.66. The van der Waals surface area contributed by atoms with Crippen molar-refractivity contribution in [3.8, 4) is 11.5 Å². The number of benzene rings is 1. The van der Waals surface area contributed by atoms with Crippen LogP contribution in [0.15, 0.2) is 12.1 Å². The number of fused-ring (bicyclic) bond motifs is 1. The van der Waals surface area contributed by atoms with Gasteiger partial charge in [-0.1, -0.05) is 0 Å². The van der Waals surface area contributed by atoms with E-state index in [1.165, 1.54) is 6.07 Å². The highest BCUT2D eigenvalue weighted by Gasteiger charge is 2.26. The molecule has 0 radical (unpaired) electrons. The van der Waals surface area contributed by atoms with Gasteiger partial charge in [-0.2, -0.15) is 0 Å². The number of anilines is 1. The second kappa shape index (κ2) is 5.16. The van der Waals surface area contributed by atoms with E-state index in [4.69, 9.17) is 9.47 Å². The fraction of sp³-hybridized carbons (Fsp3) is 0.538. The summed E-state index contributed by atoms with van der Waals surface area (Å²) in [5.41, 5.74) is 0.431. The van der Waals surface area contributed by atoms with Gasteiger partial charge >= 0.3 is 0 Å². The molecule has 1 aliphatic heterocycles. The second-order valence-corrected chi connectivity index (χ2v) is 5.13. The van der Waals surface area contributed by atoms with Crippen molar-refractivity contribution >= 4 is 11.4 Å². The monoisotopic (exact) mass is 280 g/mol. The first-order valence-electron chi connectivity index (χ1n) is 6.66. The van der Waals surface area contributed by atoms with Crippen molar-refractivity contribution < 1.29 is 19.5 Å². The predicted molar refractivity (Wildman–Crippen MR) is 71.1 cm³/mol. The van der Waals surface area contributed by atoms with Crippen molar-refractivity contribution in [2.45, 2.75) is 37.8 Å². The number of aliphatic hydroxyl groups is 1. The van der Waals surface area contributed by atoms with Crippen molar-refractivity contribution in [3.05, 3.63) is 22.2 Å². The van der Waals surface area contributed by atoms with E-state index in [9.17, 15) is 15.2 Å². The average molecular weight is 280 g/mol. The minimum absolute atomic E-state index is 0.0135.